The Morgan fingerprint density at radius 1 is 1.17 bits per heavy atom. The zero-order valence-corrected chi connectivity index (χ0v) is 14.1. The molecular weight excluding hydrogens is 306 g/mol. The van der Waals surface area contributed by atoms with Gasteiger partial charge in [0.05, 0.1) is 5.69 Å². The number of likely N-dealkylation sites (tertiary alicyclic amines) is 1. The Labute approximate surface area is 141 Å². The molecule has 2 heterocycles. The van der Waals surface area contributed by atoms with Crippen LogP contribution in [0, 0.1) is 0 Å². The van der Waals surface area contributed by atoms with Crippen LogP contribution in [0.4, 0.5) is 5.13 Å². The average Bonchev–Trinajstić information content (AvgIpc) is 3.02. The first kappa shape index (κ1) is 16.1. The van der Waals surface area contributed by atoms with Gasteiger partial charge >= 0.3 is 0 Å². The van der Waals surface area contributed by atoms with Crippen molar-refractivity contribution in [3.63, 3.8) is 0 Å². The van der Waals surface area contributed by atoms with Crippen LogP contribution in [0.1, 0.15) is 36.9 Å². The monoisotopic (exact) mass is 329 g/mol. The van der Waals surface area contributed by atoms with E-state index in [2.05, 4.69) is 20.6 Å². The highest BCUT2D eigenvalue weighted by atomic mass is 32.1. The maximum absolute atomic E-state index is 12.0. The van der Waals surface area contributed by atoms with Gasteiger partial charge in [-0.3, -0.25) is 9.69 Å². The van der Waals surface area contributed by atoms with Crippen molar-refractivity contribution in [1.82, 2.24) is 9.88 Å². The van der Waals surface area contributed by atoms with Crippen molar-refractivity contribution in [1.29, 1.82) is 0 Å². The van der Waals surface area contributed by atoms with Crippen LogP contribution in [0.5, 0.6) is 0 Å². The van der Waals surface area contributed by atoms with Crippen LogP contribution < -0.4 is 5.32 Å². The third-order valence-electron chi connectivity index (χ3n) is 4.12. The fourth-order valence-electron chi connectivity index (χ4n) is 2.87. The number of carbonyl (C=O) groups excluding carboxylic acids is 1. The van der Waals surface area contributed by atoms with Crippen LogP contribution in [0.25, 0.3) is 0 Å². The quantitative estimate of drug-likeness (QED) is 0.879. The molecule has 0 aliphatic carbocycles. The van der Waals surface area contributed by atoms with Gasteiger partial charge in [-0.25, -0.2) is 4.98 Å². The summed E-state index contributed by atoms with van der Waals surface area (Å²) in [7, 11) is 0. The summed E-state index contributed by atoms with van der Waals surface area (Å²) in [5.74, 6) is 0.0349. The van der Waals surface area contributed by atoms with Crippen molar-refractivity contribution in [2.75, 3.05) is 18.4 Å². The highest BCUT2D eigenvalue weighted by Crippen LogP contribution is 2.19. The van der Waals surface area contributed by atoms with Crippen molar-refractivity contribution < 1.29 is 4.79 Å². The van der Waals surface area contributed by atoms with E-state index in [0.29, 0.717) is 6.42 Å². The molecule has 1 fully saturated rings. The SMILES string of the molecule is O=C(CCc1ccccc1)Nc1nc(CN2CCCCC2)cs1. The van der Waals surface area contributed by atoms with Gasteiger partial charge in [-0.15, -0.1) is 11.3 Å². The van der Waals surface area contributed by atoms with Crippen LogP contribution in [0.15, 0.2) is 35.7 Å². The smallest absolute Gasteiger partial charge is 0.226 e. The van der Waals surface area contributed by atoms with Gasteiger partial charge in [-0.1, -0.05) is 36.8 Å². The maximum atomic E-state index is 12.0. The molecule has 0 radical (unpaired) electrons. The van der Waals surface area contributed by atoms with Gasteiger partial charge in [0.2, 0.25) is 5.91 Å². The van der Waals surface area contributed by atoms with Gasteiger partial charge in [0.15, 0.2) is 5.13 Å². The number of carbonyl (C=O) groups is 1. The number of piperidine rings is 1. The van der Waals surface area contributed by atoms with Crippen LogP contribution in [0.2, 0.25) is 0 Å². The predicted octanol–water partition coefficient (Wildman–Crippen LogP) is 3.70. The molecule has 0 unspecified atom stereocenters. The summed E-state index contributed by atoms with van der Waals surface area (Å²) < 4.78 is 0. The minimum Gasteiger partial charge on any atom is -0.302 e. The van der Waals surface area contributed by atoms with Gasteiger partial charge < -0.3 is 5.32 Å². The lowest BCUT2D eigenvalue weighted by Gasteiger charge is -2.25. The number of hydrogen-bond donors (Lipinski definition) is 1. The number of aryl methyl sites for hydroxylation is 1. The highest BCUT2D eigenvalue weighted by Gasteiger charge is 2.13. The van der Waals surface area contributed by atoms with Crippen LogP contribution in [-0.2, 0) is 17.8 Å². The highest BCUT2D eigenvalue weighted by molar-refractivity contribution is 7.13. The minimum absolute atomic E-state index is 0.0349. The Balaban J connectivity index is 1.45. The molecule has 1 saturated heterocycles. The number of benzene rings is 1. The second-order valence-corrected chi connectivity index (χ2v) is 6.87. The number of thiazole rings is 1. The molecule has 1 aromatic carbocycles. The lowest BCUT2D eigenvalue weighted by atomic mass is 10.1. The molecule has 0 bridgehead atoms. The number of nitrogens with one attached hydrogen (secondary N) is 1. The molecule has 1 aliphatic rings. The van der Waals surface area contributed by atoms with Crippen molar-refractivity contribution in [3.05, 3.63) is 47.0 Å². The molecule has 2 aromatic rings. The molecule has 0 atom stereocenters. The molecule has 1 N–H and O–H groups in total. The second-order valence-electron chi connectivity index (χ2n) is 6.01. The summed E-state index contributed by atoms with van der Waals surface area (Å²) in [6.07, 6.45) is 5.17. The third-order valence-corrected chi connectivity index (χ3v) is 4.92. The first-order chi connectivity index (χ1) is 11.3. The van der Waals surface area contributed by atoms with E-state index in [-0.39, 0.29) is 5.91 Å². The molecule has 5 heteroatoms. The number of amides is 1. The molecular formula is C18H23N3OS. The first-order valence-corrected chi connectivity index (χ1v) is 9.18. The van der Waals surface area contributed by atoms with E-state index in [1.54, 1.807) is 0 Å². The van der Waals surface area contributed by atoms with E-state index in [9.17, 15) is 4.79 Å². The summed E-state index contributed by atoms with van der Waals surface area (Å²) in [5.41, 5.74) is 2.25. The number of aromatic nitrogens is 1. The van der Waals surface area contributed by atoms with Gasteiger partial charge in [-0.2, -0.15) is 0 Å². The van der Waals surface area contributed by atoms with Gasteiger partial charge in [-0.05, 0) is 37.9 Å². The third kappa shape index (κ3) is 5.15. The molecule has 1 aromatic heterocycles. The van der Waals surface area contributed by atoms with Gasteiger partial charge in [0, 0.05) is 18.3 Å². The number of nitrogens with zero attached hydrogens (tertiary/aromatic N) is 2. The van der Waals surface area contributed by atoms with Crippen LogP contribution in [-0.4, -0.2) is 28.9 Å². The molecule has 0 spiro atoms. The van der Waals surface area contributed by atoms with Gasteiger partial charge in [0.25, 0.3) is 0 Å². The van der Waals surface area contributed by atoms with E-state index >= 15 is 0 Å². The Kier molecular flexibility index (Phi) is 5.77. The van der Waals surface area contributed by atoms with E-state index in [1.807, 2.05) is 30.3 Å². The zero-order valence-electron chi connectivity index (χ0n) is 13.3. The maximum Gasteiger partial charge on any atom is 0.226 e. The lowest BCUT2D eigenvalue weighted by Crippen LogP contribution is -2.29. The van der Waals surface area contributed by atoms with E-state index in [4.69, 9.17) is 0 Å². The van der Waals surface area contributed by atoms with Crippen molar-refractivity contribution in [3.8, 4) is 0 Å². The Hall–Kier alpha value is -1.72. The zero-order chi connectivity index (χ0) is 15.9. The van der Waals surface area contributed by atoms with Crippen LogP contribution >= 0.6 is 11.3 Å². The summed E-state index contributed by atoms with van der Waals surface area (Å²) in [4.78, 5) is 19.0. The first-order valence-electron chi connectivity index (χ1n) is 8.30. The Morgan fingerprint density at radius 2 is 1.96 bits per heavy atom. The van der Waals surface area contributed by atoms with Crippen molar-refractivity contribution in [2.24, 2.45) is 0 Å². The van der Waals surface area contributed by atoms with E-state index in [0.717, 1.165) is 36.9 Å². The van der Waals surface area contributed by atoms with E-state index in [1.165, 1.54) is 36.2 Å². The Bertz CT molecular complexity index is 620. The molecule has 1 aliphatic heterocycles. The average molecular weight is 329 g/mol. The molecule has 0 saturated carbocycles. The molecule has 4 nitrogen and oxygen atoms in total. The molecule has 122 valence electrons. The largest absolute Gasteiger partial charge is 0.302 e. The van der Waals surface area contributed by atoms with Gasteiger partial charge in [0.1, 0.15) is 0 Å². The molecule has 1 amide bonds. The minimum atomic E-state index is 0.0349. The summed E-state index contributed by atoms with van der Waals surface area (Å²) in [6, 6.07) is 10.1. The fourth-order valence-corrected chi connectivity index (χ4v) is 3.59. The molecule has 23 heavy (non-hydrogen) atoms. The van der Waals surface area contributed by atoms with Crippen molar-refractivity contribution >= 4 is 22.4 Å². The lowest BCUT2D eigenvalue weighted by molar-refractivity contribution is -0.116. The summed E-state index contributed by atoms with van der Waals surface area (Å²) in [5, 5.41) is 5.69. The van der Waals surface area contributed by atoms with Crippen LogP contribution in [0.3, 0.4) is 0 Å². The molecule has 3 rings (SSSR count). The Morgan fingerprint density at radius 3 is 2.74 bits per heavy atom. The normalized spacial score (nSPS) is 15.5. The van der Waals surface area contributed by atoms with E-state index < -0.39 is 0 Å². The number of anilines is 1. The van der Waals surface area contributed by atoms with Crippen molar-refractivity contribution in [2.45, 2.75) is 38.6 Å². The summed E-state index contributed by atoms with van der Waals surface area (Å²) in [6.45, 7) is 3.23. The number of hydrogen-bond acceptors (Lipinski definition) is 4. The topological polar surface area (TPSA) is 45.2 Å². The fraction of sp³-hybridized carbons (Fsp3) is 0.444. The summed E-state index contributed by atoms with van der Waals surface area (Å²) >= 11 is 1.52. The predicted molar refractivity (Wildman–Crippen MR) is 94.6 cm³/mol. The number of rotatable bonds is 6. The standard InChI is InChI=1S/C18H23N3OS/c22-17(10-9-15-7-3-1-4-8-15)20-18-19-16(14-23-18)13-21-11-5-2-6-12-21/h1,3-4,7-8,14H,2,5-6,9-13H2,(H,19,20,22). The second kappa shape index (κ2) is 8.22.